The van der Waals surface area contributed by atoms with Gasteiger partial charge in [0.2, 0.25) is 0 Å². The second kappa shape index (κ2) is 9.28. The molecule has 0 amide bonds. The fraction of sp³-hybridized carbons (Fsp3) is 0.120. The van der Waals surface area contributed by atoms with E-state index < -0.39 is 5.97 Å². The van der Waals surface area contributed by atoms with E-state index in [0.29, 0.717) is 11.4 Å². The number of hydrogen-bond acceptors (Lipinski definition) is 5. The lowest BCUT2D eigenvalue weighted by atomic mass is 10.1. The van der Waals surface area contributed by atoms with Crippen molar-refractivity contribution in [3.63, 3.8) is 0 Å². The highest BCUT2D eigenvalue weighted by Gasteiger charge is 2.21. The zero-order valence-corrected chi connectivity index (χ0v) is 19.2. The molecule has 0 aliphatic carbocycles. The van der Waals surface area contributed by atoms with Crippen molar-refractivity contribution < 1.29 is 14.3 Å². The zero-order valence-electron chi connectivity index (χ0n) is 17.6. The number of benzene rings is 3. The van der Waals surface area contributed by atoms with Gasteiger partial charge in [-0.3, -0.25) is 4.79 Å². The Labute approximate surface area is 194 Å². The predicted molar refractivity (Wildman–Crippen MR) is 125 cm³/mol. The first kappa shape index (κ1) is 21.6. The third kappa shape index (κ3) is 4.68. The molecule has 0 aliphatic rings. The first-order valence-corrected chi connectivity index (χ1v) is 10.8. The monoisotopic (exact) mass is 489 g/mol. The van der Waals surface area contributed by atoms with E-state index in [1.807, 2.05) is 62.4 Å². The molecule has 4 rings (SSSR count). The Bertz CT molecular complexity index is 1280. The van der Waals surface area contributed by atoms with Crippen molar-refractivity contribution >= 4 is 27.7 Å². The summed E-state index contributed by atoms with van der Waals surface area (Å²) in [6.07, 6.45) is 0. The minimum atomic E-state index is -0.754. The number of aromatic nitrogens is 3. The van der Waals surface area contributed by atoms with Gasteiger partial charge >= 0.3 is 5.97 Å². The fourth-order valence-corrected chi connectivity index (χ4v) is 3.39. The van der Waals surface area contributed by atoms with Crippen molar-refractivity contribution in [3.05, 3.63) is 99.8 Å². The van der Waals surface area contributed by atoms with E-state index in [0.717, 1.165) is 26.9 Å². The molecule has 4 aromatic rings. The lowest BCUT2D eigenvalue weighted by Gasteiger charge is -2.08. The van der Waals surface area contributed by atoms with Gasteiger partial charge in [-0.25, -0.2) is 14.5 Å². The SMILES string of the molecule is Cc1ccc(-n2nc(C(=O)OCC(=O)c3ccccc3)nc2-c2ccc(Br)cc2)cc1C. The number of ketones is 1. The van der Waals surface area contributed by atoms with Crippen LogP contribution in [-0.4, -0.2) is 33.1 Å². The first-order chi connectivity index (χ1) is 15.4. The molecule has 0 N–H and O–H groups in total. The molecular formula is C25H20BrN3O3. The molecule has 7 heteroatoms. The van der Waals surface area contributed by atoms with Gasteiger partial charge in [-0.2, -0.15) is 0 Å². The largest absolute Gasteiger partial charge is 0.451 e. The molecule has 0 saturated carbocycles. The number of rotatable bonds is 6. The van der Waals surface area contributed by atoms with Crippen LogP contribution in [0, 0.1) is 13.8 Å². The number of Topliss-reactive ketones (excluding diaryl/α,β-unsaturated/α-hetero) is 1. The number of carbonyl (C=O) groups excluding carboxylic acids is 2. The van der Waals surface area contributed by atoms with Crippen LogP contribution in [0.3, 0.4) is 0 Å². The number of carbonyl (C=O) groups is 2. The Morgan fingerprint density at radius 3 is 2.34 bits per heavy atom. The van der Waals surface area contributed by atoms with Gasteiger partial charge in [0.05, 0.1) is 5.69 Å². The van der Waals surface area contributed by atoms with Gasteiger partial charge in [0.25, 0.3) is 5.82 Å². The molecule has 0 radical (unpaired) electrons. The molecule has 160 valence electrons. The minimum Gasteiger partial charge on any atom is -0.451 e. The number of ether oxygens (including phenoxy) is 1. The van der Waals surface area contributed by atoms with Gasteiger partial charge in [-0.1, -0.05) is 64.5 Å². The van der Waals surface area contributed by atoms with Gasteiger partial charge in [0, 0.05) is 15.6 Å². The van der Waals surface area contributed by atoms with E-state index in [1.54, 1.807) is 28.9 Å². The van der Waals surface area contributed by atoms with E-state index in [-0.39, 0.29) is 18.2 Å². The summed E-state index contributed by atoms with van der Waals surface area (Å²) in [5.74, 6) is -0.653. The third-order valence-electron chi connectivity index (χ3n) is 5.06. The molecular weight excluding hydrogens is 470 g/mol. The molecule has 1 aromatic heterocycles. The predicted octanol–water partition coefficient (Wildman–Crippen LogP) is 5.35. The molecule has 6 nitrogen and oxygen atoms in total. The third-order valence-corrected chi connectivity index (χ3v) is 5.59. The second-order valence-electron chi connectivity index (χ2n) is 7.31. The summed E-state index contributed by atoms with van der Waals surface area (Å²) < 4.78 is 7.76. The topological polar surface area (TPSA) is 74.1 Å². The van der Waals surface area contributed by atoms with Crippen molar-refractivity contribution in [1.82, 2.24) is 14.8 Å². The summed E-state index contributed by atoms with van der Waals surface area (Å²) in [5.41, 5.74) is 4.29. The fourth-order valence-electron chi connectivity index (χ4n) is 3.12. The first-order valence-electron chi connectivity index (χ1n) is 9.98. The summed E-state index contributed by atoms with van der Waals surface area (Å²) in [5, 5.41) is 4.41. The van der Waals surface area contributed by atoms with E-state index in [4.69, 9.17) is 4.74 Å². The molecule has 0 bridgehead atoms. The maximum atomic E-state index is 12.7. The lowest BCUT2D eigenvalue weighted by molar-refractivity contribution is 0.0462. The molecule has 0 saturated heterocycles. The Morgan fingerprint density at radius 2 is 1.66 bits per heavy atom. The van der Waals surface area contributed by atoms with Crippen molar-refractivity contribution in [1.29, 1.82) is 0 Å². The molecule has 0 atom stereocenters. The summed E-state index contributed by atoms with van der Waals surface area (Å²) in [7, 11) is 0. The van der Waals surface area contributed by atoms with Crippen LogP contribution in [0.5, 0.6) is 0 Å². The summed E-state index contributed by atoms with van der Waals surface area (Å²) >= 11 is 3.43. The van der Waals surface area contributed by atoms with E-state index in [2.05, 4.69) is 26.0 Å². The maximum absolute atomic E-state index is 12.7. The number of aryl methyl sites for hydroxylation is 2. The van der Waals surface area contributed by atoms with Gasteiger partial charge in [-0.05, 0) is 49.2 Å². The average molecular weight is 490 g/mol. The summed E-state index contributed by atoms with van der Waals surface area (Å²) in [6.45, 7) is 3.66. The maximum Gasteiger partial charge on any atom is 0.378 e. The molecule has 0 aliphatic heterocycles. The van der Waals surface area contributed by atoms with Crippen LogP contribution in [-0.2, 0) is 4.74 Å². The highest BCUT2D eigenvalue weighted by atomic mass is 79.9. The van der Waals surface area contributed by atoms with Crippen LogP contribution in [0.4, 0.5) is 0 Å². The van der Waals surface area contributed by atoms with Crippen LogP contribution in [0.15, 0.2) is 77.3 Å². The van der Waals surface area contributed by atoms with Crippen LogP contribution >= 0.6 is 15.9 Å². The van der Waals surface area contributed by atoms with Gasteiger partial charge in [0.15, 0.2) is 18.2 Å². The molecule has 0 fully saturated rings. The quantitative estimate of drug-likeness (QED) is 0.269. The zero-order chi connectivity index (χ0) is 22.7. The molecule has 3 aromatic carbocycles. The Kier molecular flexibility index (Phi) is 6.28. The summed E-state index contributed by atoms with van der Waals surface area (Å²) in [6, 6.07) is 22.1. The molecule has 0 unspecified atom stereocenters. The van der Waals surface area contributed by atoms with E-state index in [9.17, 15) is 9.59 Å². The van der Waals surface area contributed by atoms with Crippen LogP contribution in [0.2, 0.25) is 0 Å². The number of hydrogen-bond donors (Lipinski definition) is 0. The van der Waals surface area contributed by atoms with Gasteiger partial charge < -0.3 is 4.74 Å². The molecule has 32 heavy (non-hydrogen) atoms. The number of nitrogens with zero attached hydrogens (tertiary/aromatic N) is 3. The van der Waals surface area contributed by atoms with Crippen molar-refractivity contribution in [2.75, 3.05) is 6.61 Å². The highest BCUT2D eigenvalue weighted by molar-refractivity contribution is 9.10. The second-order valence-corrected chi connectivity index (χ2v) is 8.23. The number of esters is 1. The van der Waals surface area contributed by atoms with Crippen molar-refractivity contribution in [2.24, 2.45) is 0 Å². The highest BCUT2D eigenvalue weighted by Crippen LogP contribution is 2.24. The standard InChI is InChI=1S/C25H20BrN3O3/c1-16-8-13-21(14-17(16)2)29-24(19-9-11-20(26)12-10-19)27-23(28-29)25(31)32-15-22(30)18-6-4-3-5-7-18/h3-14H,15H2,1-2H3. The Hall–Kier alpha value is -3.58. The summed E-state index contributed by atoms with van der Waals surface area (Å²) in [4.78, 5) is 29.4. The van der Waals surface area contributed by atoms with Crippen LogP contribution in [0.1, 0.15) is 32.1 Å². The smallest absolute Gasteiger partial charge is 0.378 e. The van der Waals surface area contributed by atoms with E-state index in [1.165, 1.54) is 0 Å². The van der Waals surface area contributed by atoms with Crippen LogP contribution < -0.4 is 0 Å². The number of halogens is 1. The minimum absolute atomic E-state index is 0.109. The Balaban J connectivity index is 1.65. The van der Waals surface area contributed by atoms with Gasteiger partial charge in [0.1, 0.15) is 0 Å². The normalized spacial score (nSPS) is 10.7. The van der Waals surface area contributed by atoms with Crippen molar-refractivity contribution in [2.45, 2.75) is 13.8 Å². The van der Waals surface area contributed by atoms with Crippen molar-refractivity contribution in [3.8, 4) is 17.1 Å². The van der Waals surface area contributed by atoms with Gasteiger partial charge in [-0.15, -0.1) is 5.10 Å². The van der Waals surface area contributed by atoms with E-state index >= 15 is 0 Å². The lowest BCUT2D eigenvalue weighted by Crippen LogP contribution is -2.15. The van der Waals surface area contributed by atoms with Crippen LogP contribution in [0.25, 0.3) is 17.1 Å². The Morgan fingerprint density at radius 1 is 0.938 bits per heavy atom. The average Bonchev–Trinajstić information content (AvgIpc) is 3.25. The molecule has 1 heterocycles. The molecule has 0 spiro atoms.